The third kappa shape index (κ3) is 5.02. The molecule has 1 heterocycles. The van der Waals surface area contributed by atoms with Crippen LogP contribution < -0.4 is 0 Å². The minimum atomic E-state index is -3.97. The summed E-state index contributed by atoms with van der Waals surface area (Å²) in [5.74, 6) is 0.0232. The number of nitrogens with zero attached hydrogens (tertiary/aromatic N) is 4. The van der Waals surface area contributed by atoms with E-state index < -0.39 is 20.6 Å². The van der Waals surface area contributed by atoms with Gasteiger partial charge in [0.05, 0.1) is 11.5 Å². The molecule has 1 fully saturated rings. The van der Waals surface area contributed by atoms with Crippen LogP contribution in [0.3, 0.4) is 0 Å². The van der Waals surface area contributed by atoms with Crippen LogP contribution in [0.1, 0.15) is 20.3 Å². The molecule has 1 aromatic rings. The molecule has 1 aliphatic heterocycles. The van der Waals surface area contributed by atoms with Gasteiger partial charge in [0.1, 0.15) is 0 Å². The summed E-state index contributed by atoms with van der Waals surface area (Å²) in [5.41, 5.74) is -0.421. The van der Waals surface area contributed by atoms with Crippen LogP contribution in [-0.4, -0.2) is 79.2 Å². The van der Waals surface area contributed by atoms with Crippen LogP contribution in [0.15, 0.2) is 29.2 Å². The van der Waals surface area contributed by atoms with Crippen molar-refractivity contribution in [2.24, 2.45) is 0 Å². The van der Waals surface area contributed by atoms with E-state index in [-0.39, 0.29) is 30.4 Å². The zero-order valence-corrected chi connectivity index (χ0v) is 16.5. The standard InChI is InChI=1S/C17H26N4O5S/c1-3-19(4-2)17(22)14-18-10-7-11-20(13-12-18)27(25,26)16-9-6-5-8-15(16)21(23)24/h5-6,8-9H,3-4,7,10-14H2,1-2H3. The maximum Gasteiger partial charge on any atom is 0.289 e. The number of hydrogen-bond donors (Lipinski definition) is 0. The molecule has 1 aliphatic rings. The Morgan fingerprint density at radius 1 is 1.15 bits per heavy atom. The zero-order chi connectivity index (χ0) is 20.0. The Morgan fingerprint density at radius 2 is 1.81 bits per heavy atom. The van der Waals surface area contributed by atoms with Gasteiger partial charge in [0.2, 0.25) is 15.9 Å². The first-order chi connectivity index (χ1) is 12.8. The molecule has 0 atom stereocenters. The smallest absolute Gasteiger partial charge is 0.289 e. The second-order valence-electron chi connectivity index (χ2n) is 6.32. The fourth-order valence-corrected chi connectivity index (χ4v) is 4.81. The third-order valence-corrected chi connectivity index (χ3v) is 6.65. The Morgan fingerprint density at radius 3 is 2.44 bits per heavy atom. The highest BCUT2D eigenvalue weighted by Crippen LogP contribution is 2.26. The molecule has 150 valence electrons. The average Bonchev–Trinajstić information content (AvgIpc) is 2.88. The first-order valence-corrected chi connectivity index (χ1v) is 10.5. The number of nitro groups is 1. The lowest BCUT2D eigenvalue weighted by molar-refractivity contribution is -0.387. The molecule has 1 aromatic carbocycles. The summed E-state index contributed by atoms with van der Waals surface area (Å²) in [6, 6.07) is 5.38. The molecule has 2 rings (SSSR count). The van der Waals surface area contributed by atoms with Crippen molar-refractivity contribution in [3.63, 3.8) is 0 Å². The normalized spacial score (nSPS) is 16.7. The average molecular weight is 398 g/mol. The van der Waals surface area contributed by atoms with Gasteiger partial charge in [-0.1, -0.05) is 12.1 Å². The molecule has 1 amide bonds. The summed E-state index contributed by atoms with van der Waals surface area (Å²) in [7, 11) is -3.97. The van der Waals surface area contributed by atoms with Crippen molar-refractivity contribution in [3.8, 4) is 0 Å². The predicted molar refractivity (Wildman–Crippen MR) is 101 cm³/mol. The third-order valence-electron chi connectivity index (χ3n) is 4.70. The minimum Gasteiger partial charge on any atom is -0.342 e. The van der Waals surface area contributed by atoms with Gasteiger partial charge in [-0.2, -0.15) is 4.31 Å². The number of benzene rings is 1. The van der Waals surface area contributed by atoms with Crippen molar-refractivity contribution in [2.75, 3.05) is 45.8 Å². The molecule has 1 saturated heterocycles. The van der Waals surface area contributed by atoms with E-state index >= 15 is 0 Å². The van der Waals surface area contributed by atoms with Gasteiger partial charge in [-0.3, -0.25) is 19.8 Å². The van der Waals surface area contributed by atoms with Crippen LogP contribution in [0.4, 0.5) is 5.69 Å². The lowest BCUT2D eigenvalue weighted by atomic mass is 10.3. The van der Waals surface area contributed by atoms with Crippen LogP contribution >= 0.6 is 0 Å². The highest BCUT2D eigenvalue weighted by atomic mass is 32.2. The largest absolute Gasteiger partial charge is 0.342 e. The summed E-state index contributed by atoms with van der Waals surface area (Å²) in [6.07, 6.45) is 0.561. The van der Waals surface area contributed by atoms with E-state index in [2.05, 4.69) is 0 Å². The lowest BCUT2D eigenvalue weighted by Gasteiger charge is -2.25. The summed E-state index contributed by atoms with van der Waals surface area (Å²) >= 11 is 0. The number of carbonyl (C=O) groups excluding carboxylic acids is 1. The number of carbonyl (C=O) groups is 1. The molecular formula is C17H26N4O5S. The zero-order valence-electron chi connectivity index (χ0n) is 15.7. The van der Waals surface area contributed by atoms with Crippen molar-refractivity contribution in [3.05, 3.63) is 34.4 Å². The number of nitro benzene ring substituents is 1. The number of rotatable bonds is 7. The van der Waals surface area contributed by atoms with E-state index in [4.69, 9.17) is 0 Å². The summed E-state index contributed by atoms with van der Waals surface area (Å²) < 4.78 is 27.1. The van der Waals surface area contributed by atoms with Crippen molar-refractivity contribution in [2.45, 2.75) is 25.2 Å². The lowest BCUT2D eigenvalue weighted by Crippen LogP contribution is -2.42. The Hall–Kier alpha value is -2.04. The first-order valence-electron chi connectivity index (χ1n) is 9.05. The Bertz CT molecular complexity index is 779. The highest BCUT2D eigenvalue weighted by Gasteiger charge is 2.32. The predicted octanol–water partition coefficient (Wildman–Crippen LogP) is 1.16. The molecule has 0 aliphatic carbocycles. The van der Waals surface area contributed by atoms with E-state index in [0.29, 0.717) is 32.6 Å². The van der Waals surface area contributed by atoms with Gasteiger partial charge in [0, 0.05) is 38.8 Å². The minimum absolute atomic E-state index is 0.0232. The van der Waals surface area contributed by atoms with Crippen LogP contribution in [0.5, 0.6) is 0 Å². The van der Waals surface area contributed by atoms with Crippen LogP contribution in [0, 0.1) is 10.1 Å². The van der Waals surface area contributed by atoms with Gasteiger partial charge < -0.3 is 4.90 Å². The van der Waals surface area contributed by atoms with Crippen molar-refractivity contribution in [1.29, 1.82) is 0 Å². The van der Waals surface area contributed by atoms with E-state index in [1.807, 2.05) is 18.7 Å². The van der Waals surface area contributed by atoms with Gasteiger partial charge in [0.15, 0.2) is 4.90 Å². The summed E-state index contributed by atoms with van der Waals surface area (Å²) in [6.45, 7) is 6.85. The van der Waals surface area contributed by atoms with Crippen molar-refractivity contribution < 1.29 is 18.1 Å². The molecule has 0 aromatic heterocycles. The molecule has 0 unspecified atom stereocenters. The molecule has 9 nitrogen and oxygen atoms in total. The Labute approximate surface area is 159 Å². The van der Waals surface area contributed by atoms with Crippen molar-refractivity contribution in [1.82, 2.24) is 14.1 Å². The van der Waals surface area contributed by atoms with Gasteiger partial charge in [-0.25, -0.2) is 8.42 Å². The van der Waals surface area contributed by atoms with E-state index in [0.717, 1.165) is 0 Å². The number of likely N-dealkylation sites (N-methyl/N-ethyl adjacent to an activating group) is 1. The van der Waals surface area contributed by atoms with E-state index in [1.165, 1.54) is 28.6 Å². The molecular weight excluding hydrogens is 372 g/mol. The van der Waals surface area contributed by atoms with Gasteiger partial charge in [0.25, 0.3) is 5.69 Å². The maximum absolute atomic E-state index is 12.9. The maximum atomic E-state index is 12.9. The Balaban J connectivity index is 2.12. The second kappa shape index (κ2) is 9.25. The van der Waals surface area contributed by atoms with Crippen LogP contribution in [0.2, 0.25) is 0 Å². The highest BCUT2D eigenvalue weighted by molar-refractivity contribution is 7.89. The molecule has 0 bridgehead atoms. The quantitative estimate of drug-likeness (QED) is 0.504. The fraction of sp³-hybridized carbons (Fsp3) is 0.588. The van der Waals surface area contributed by atoms with Crippen molar-refractivity contribution >= 4 is 21.6 Å². The SMILES string of the molecule is CCN(CC)C(=O)CN1CCCN(S(=O)(=O)c2ccccc2[N+](=O)[O-])CC1. The summed E-state index contributed by atoms with van der Waals surface area (Å²) in [5, 5.41) is 11.2. The second-order valence-corrected chi connectivity index (χ2v) is 8.23. The molecule has 10 heteroatoms. The topological polar surface area (TPSA) is 104 Å². The molecule has 0 spiro atoms. The van der Waals surface area contributed by atoms with E-state index in [9.17, 15) is 23.3 Å². The van der Waals surface area contributed by atoms with Gasteiger partial charge >= 0.3 is 0 Å². The number of para-hydroxylation sites is 1. The molecule has 0 radical (unpaired) electrons. The van der Waals surface area contributed by atoms with Crippen LogP contribution in [-0.2, 0) is 14.8 Å². The number of hydrogen-bond acceptors (Lipinski definition) is 6. The Kier molecular flexibility index (Phi) is 7.28. The monoisotopic (exact) mass is 398 g/mol. The first kappa shape index (κ1) is 21.3. The van der Waals surface area contributed by atoms with Gasteiger partial charge in [-0.15, -0.1) is 0 Å². The number of amides is 1. The summed E-state index contributed by atoms with van der Waals surface area (Å²) in [4.78, 5) is 26.2. The van der Waals surface area contributed by atoms with Crippen LogP contribution in [0.25, 0.3) is 0 Å². The molecule has 0 N–H and O–H groups in total. The van der Waals surface area contributed by atoms with Gasteiger partial charge in [-0.05, 0) is 32.9 Å². The number of sulfonamides is 1. The molecule has 27 heavy (non-hydrogen) atoms. The molecule has 0 saturated carbocycles. The fourth-order valence-electron chi connectivity index (χ4n) is 3.18. The van der Waals surface area contributed by atoms with E-state index in [1.54, 1.807) is 4.90 Å².